The van der Waals surface area contributed by atoms with Gasteiger partial charge in [-0.25, -0.2) is 9.59 Å². The highest BCUT2D eigenvalue weighted by Crippen LogP contribution is 2.24. The Morgan fingerprint density at radius 3 is 2.71 bits per heavy atom. The zero-order chi connectivity index (χ0) is 17.3. The molecule has 0 saturated heterocycles. The fourth-order valence-corrected chi connectivity index (χ4v) is 2.42. The van der Waals surface area contributed by atoms with Crippen molar-refractivity contribution in [1.29, 1.82) is 0 Å². The van der Waals surface area contributed by atoms with Crippen LogP contribution in [0.1, 0.15) is 16.1 Å². The number of esters is 1. The Balaban J connectivity index is 1.84. The number of nitrogens with one attached hydrogen (secondary N) is 3. The van der Waals surface area contributed by atoms with Gasteiger partial charge >= 0.3 is 12.0 Å². The van der Waals surface area contributed by atoms with Gasteiger partial charge in [-0.3, -0.25) is 10.00 Å². The molecule has 2 amide bonds. The molecule has 0 bridgehead atoms. The molecule has 2 heterocycles. The van der Waals surface area contributed by atoms with Gasteiger partial charge in [0.2, 0.25) is 0 Å². The number of carbonyl (C=O) groups is 2. The predicted molar refractivity (Wildman–Crippen MR) is 90.2 cm³/mol. The van der Waals surface area contributed by atoms with E-state index in [1.165, 1.54) is 7.11 Å². The number of H-pyrrole nitrogens is 1. The first kappa shape index (κ1) is 15.6. The fraction of sp³-hybridized carbons (Fsp3) is 0.188. The van der Waals surface area contributed by atoms with E-state index in [0.717, 1.165) is 16.6 Å². The second-order valence-electron chi connectivity index (χ2n) is 5.33. The molecule has 0 aliphatic carbocycles. The van der Waals surface area contributed by atoms with E-state index < -0.39 is 12.0 Å². The molecular weight excluding hydrogens is 310 g/mol. The number of anilines is 2. The van der Waals surface area contributed by atoms with Crippen molar-refractivity contribution in [3.63, 3.8) is 0 Å². The number of hydrogen-bond donors (Lipinski definition) is 3. The topological polar surface area (TPSA) is 101 Å². The third-order valence-electron chi connectivity index (χ3n) is 3.69. The van der Waals surface area contributed by atoms with Crippen LogP contribution in [0.3, 0.4) is 0 Å². The minimum absolute atomic E-state index is 0.375. The van der Waals surface area contributed by atoms with Crippen LogP contribution >= 0.6 is 0 Å². The van der Waals surface area contributed by atoms with Gasteiger partial charge in [0.1, 0.15) is 0 Å². The number of fused-ring (bicyclic) bond motifs is 1. The molecule has 0 aliphatic rings. The number of aromatic amines is 1. The van der Waals surface area contributed by atoms with Crippen LogP contribution in [0.5, 0.6) is 0 Å². The quantitative estimate of drug-likeness (QED) is 0.644. The van der Waals surface area contributed by atoms with Crippen molar-refractivity contribution in [1.82, 2.24) is 14.8 Å². The van der Waals surface area contributed by atoms with E-state index in [4.69, 9.17) is 4.74 Å². The number of carbonyl (C=O) groups excluding carboxylic acids is 2. The minimum Gasteiger partial charge on any atom is -0.465 e. The van der Waals surface area contributed by atoms with E-state index in [-0.39, 0.29) is 0 Å². The lowest BCUT2D eigenvalue weighted by atomic mass is 10.1. The summed E-state index contributed by atoms with van der Waals surface area (Å²) in [5.74, 6) is -0.0225. The molecule has 24 heavy (non-hydrogen) atoms. The average molecular weight is 327 g/mol. The maximum Gasteiger partial charge on any atom is 0.338 e. The van der Waals surface area contributed by atoms with Crippen LogP contribution in [-0.4, -0.2) is 33.9 Å². The van der Waals surface area contributed by atoms with E-state index in [9.17, 15) is 9.59 Å². The molecule has 0 aliphatic heterocycles. The fourth-order valence-electron chi connectivity index (χ4n) is 2.42. The van der Waals surface area contributed by atoms with Gasteiger partial charge in [-0.2, -0.15) is 5.10 Å². The van der Waals surface area contributed by atoms with Gasteiger partial charge in [0.05, 0.1) is 12.7 Å². The second-order valence-corrected chi connectivity index (χ2v) is 5.33. The maximum absolute atomic E-state index is 12.1. The number of urea groups is 1. The second kappa shape index (κ2) is 6.07. The highest BCUT2D eigenvalue weighted by Gasteiger charge is 2.14. The molecular formula is C16H17N5O3. The number of nitrogens with zero attached hydrogens (tertiary/aromatic N) is 2. The normalized spacial score (nSPS) is 10.6. The summed E-state index contributed by atoms with van der Waals surface area (Å²) >= 11 is 0. The molecule has 0 spiro atoms. The summed E-state index contributed by atoms with van der Waals surface area (Å²) in [7, 11) is 3.11. The van der Waals surface area contributed by atoms with E-state index in [2.05, 4.69) is 20.7 Å². The van der Waals surface area contributed by atoms with E-state index >= 15 is 0 Å². The zero-order valence-electron chi connectivity index (χ0n) is 13.5. The van der Waals surface area contributed by atoms with Crippen LogP contribution in [0.4, 0.5) is 16.3 Å². The van der Waals surface area contributed by atoms with Crippen LogP contribution in [0, 0.1) is 6.92 Å². The minimum atomic E-state index is -0.469. The largest absolute Gasteiger partial charge is 0.465 e. The van der Waals surface area contributed by atoms with Crippen LogP contribution < -0.4 is 10.6 Å². The van der Waals surface area contributed by atoms with Gasteiger partial charge in [-0.05, 0) is 25.1 Å². The zero-order valence-corrected chi connectivity index (χ0v) is 13.5. The Labute approximate surface area is 137 Å². The number of rotatable bonds is 3. The monoisotopic (exact) mass is 327 g/mol. The van der Waals surface area contributed by atoms with Crippen LogP contribution in [0.2, 0.25) is 0 Å². The molecule has 2 aromatic heterocycles. The van der Waals surface area contributed by atoms with Crippen molar-refractivity contribution in [2.75, 3.05) is 17.7 Å². The van der Waals surface area contributed by atoms with Gasteiger partial charge < -0.3 is 15.0 Å². The average Bonchev–Trinajstić information content (AvgIpc) is 3.12. The molecule has 3 aromatic rings. The molecule has 0 saturated carbocycles. The Bertz CT molecular complexity index is 906. The molecule has 8 nitrogen and oxygen atoms in total. The standard InChI is InChI=1S/C16H17N5O3/c1-9-6-14(20-21(9)2)19-16(23)18-10-7-12(15(22)24-3)11-4-5-17-13(11)8-10/h4-8,17H,1-3H3,(H2,18,19,20,23). The number of amides is 2. The van der Waals surface area contributed by atoms with Crippen molar-refractivity contribution in [3.05, 3.63) is 41.7 Å². The molecule has 3 rings (SSSR count). The lowest BCUT2D eigenvalue weighted by Gasteiger charge is -2.08. The van der Waals surface area contributed by atoms with Gasteiger partial charge in [0.25, 0.3) is 0 Å². The molecule has 1 aromatic carbocycles. The van der Waals surface area contributed by atoms with E-state index in [1.54, 1.807) is 42.2 Å². The first-order valence-corrected chi connectivity index (χ1v) is 7.26. The summed E-state index contributed by atoms with van der Waals surface area (Å²) in [4.78, 5) is 27.1. The highest BCUT2D eigenvalue weighted by molar-refractivity contribution is 6.07. The smallest absolute Gasteiger partial charge is 0.338 e. The van der Waals surface area contributed by atoms with Crippen molar-refractivity contribution in [3.8, 4) is 0 Å². The maximum atomic E-state index is 12.1. The Hall–Kier alpha value is -3.29. The summed E-state index contributed by atoms with van der Waals surface area (Å²) in [6.45, 7) is 1.89. The van der Waals surface area contributed by atoms with Gasteiger partial charge in [0.15, 0.2) is 5.82 Å². The number of benzene rings is 1. The SMILES string of the molecule is COC(=O)c1cc(NC(=O)Nc2cc(C)n(C)n2)cc2[nH]ccc12. The summed E-state index contributed by atoms with van der Waals surface area (Å²) in [6, 6.07) is 6.40. The van der Waals surface area contributed by atoms with Crippen molar-refractivity contribution >= 4 is 34.4 Å². The van der Waals surface area contributed by atoms with E-state index in [1.807, 2.05) is 6.92 Å². The molecule has 0 radical (unpaired) electrons. The summed E-state index contributed by atoms with van der Waals surface area (Å²) in [5.41, 5.74) is 2.49. The first-order valence-electron chi connectivity index (χ1n) is 7.26. The van der Waals surface area contributed by atoms with Crippen molar-refractivity contribution < 1.29 is 14.3 Å². The Morgan fingerprint density at radius 1 is 1.25 bits per heavy atom. The Morgan fingerprint density at radius 2 is 2.04 bits per heavy atom. The number of aryl methyl sites for hydroxylation is 2. The summed E-state index contributed by atoms with van der Waals surface area (Å²) in [5, 5.41) is 10.2. The molecule has 0 unspecified atom stereocenters. The lowest BCUT2D eigenvalue weighted by Crippen LogP contribution is -2.20. The Kier molecular flexibility index (Phi) is 3.95. The molecule has 3 N–H and O–H groups in total. The lowest BCUT2D eigenvalue weighted by molar-refractivity contribution is 0.0603. The predicted octanol–water partition coefficient (Wildman–Crippen LogP) is 2.64. The van der Waals surface area contributed by atoms with Gasteiger partial charge in [-0.1, -0.05) is 0 Å². The number of ether oxygens (including phenoxy) is 1. The molecule has 0 atom stereocenters. The van der Waals surface area contributed by atoms with Crippen molar-refractivity contribution in [2.24, 2.45) is 7.05 Å². The summed E-state index contributed by atoms with van der Waals surface area (Å²) < 4.78 is 6.45. The van der Waals surface area contributed by atoms with Crippen LogP contribution in [-0.2, 0) is 11.8 Å². The molecule has 124 valence electrons. The number of hydrogen-bond acceptors (Lipinski definition) is 4. The van der Waals surface area contributed by atoms with Gasteiger partial charge in [-0.15, -0.1) is 0 Å². The highest BCUT2D eigenvalue weighted by atomic mass is 16.5. The molecule has 0 fully saturated rings. The van der Waals surface area contributed by atoms with Gasteiger partial charge in [0, 0.05) is 41.6 Å². The van der Waals surface area contributed by atoms with Crippen LogP contribution in [0.25, 0.3) is 10.9 Å². The van der Waals surface area contributed by atoms with E-state index in [0.29, 0.717) is 17.1 Å². The first-order chi connectivity index (χ1) is 11.5. The molecule has 8 heteroatoms. The third kappa shape index (κ3) is 2.94. The summed E-state index contributed by atoms with van der Waals surface area (Å²) in [6.07, 6.45) is 1.72. The number of aromatic nitrogens is 3. The third-order valence-corrected chi connectivity index (χ3v) is 3.69. The van der Waals surface area contributed by atoms with Crippen molar-refractivity contribution in [2.45, 2.75) is 6.92 Å². The number of methoxy groups -OCH3 is 1. The van der Waals surface area contributed by atoms with Crippen LogP contribution in [0.15, 0.2) is 30.5 Å².